The van der Waals surface area contributed by atoms with Crippen LogP contribution in [0.1, 0.15) is 36.5 Å². The van der Waals surface area contributed by atoms with E-state index in [2.05, 4.69) is 26.0 Å². The van der Waals surface area contributed by atoms with E-state index in [-0.39, 0.29) is 24.3 Å². The number of aryl methyl sites for hydroxylation is 1. The van der Waals surface area contributed by atoms with E-state index >= 15 is 0 Å². The van der Waals surface area contributed by atoms with Crippen molar-refractivity contribution in [3.63, 3.8) is 0 Å². The van der Waals surface area contributed by atoms with E-state index in [0.29, 0.717) is 27.9 Å². The Balaban J connectivity index is 1.72. The summed E-state index contributed by atoms with van der Waals surface area (Å²) in [5, 5.41) is -0.310. The average Bonchev–Trinajstić information content (AvgIpc) is 3.00. The van der Waals surface area contributed by atoms with Gasteiger partial charge < -0.3 is 14.2 Å². The predicted molar refractivity (Wildman–Crippen MR) is 123 cm³/mol. The SMILES string of the molecule is COc1cccc(/C=C2\SC(=O)N(CCOc3cc(C)ccc3C(C)C)C2=O)c1OC. The number of amides is 2. The van der Waals surface area contributed by atoms with Crippen molar-refractivity contribution < 1.29 is 23.8 Å². The molecule has 31 heavy (non-hydrogen) atoms. The molecular weight excluding hydrogens is 414 g/mol. The van der Waals surface area contributed by atoms with Crippen LogP contribution in [0.5, 0.6) is 17.2 Å². The molecular formula is C24H27NO5S. The minimum Gasteiger partial charge on any atom is -0.493 e. The van der Waals surface area contributed by atoms with Gasteiger partial charge in [0.25, 0.3) is 11.1 Å². The van der Waals surface area contributed by atoms with Gasteiger partial charge in [0.05, 0.1) is 25.7 Å². The van der Waals surface area contributed by atoms with Gasteiger partial charge in [0.15, 0.2) is 11.5 Å². The number of imide groups is 1. The maximum Gasteiger partial charge on any atom is 0.293 e. The van der Waals surface area contributed by atoms with Crippen LogP contribution in [0.4, 0.5) is 4.79 Å². The highest BCUT2D eigenvalue weighted by Crippen LogP contribution is 2.37. The highest BCUT2D eigenvalue weighted by Gasteiger charge is 2.35. The summed E-state index contributed by atoms with van der Waals surface area (Å²) in [6.45, 7) is 6.63. The minimum atomic E-state index is -0.336. The molecule has 2 amide bonds. The number of carbonyl (C=O) groups excluding carboxylic acids is 2. The number of hydrogen-bond donors (Lipinski definition) is 0. The topological polar surface area (TPSA) is 65.1 Å². The third kappa shape index (κ3) is 5.05. The molecule has 0 spiro atoms. The number of nitrogens with zero attached hydrogens (tertiary/aromatic N) is 1. The Morgan fingerprint density at radius 1 is 1.06 bits per heavy atom. The minimum absolute atomic E-state index is 0.183. The molecule has 164 valence electrons. The van der Waals surface area contributed by atoms with Crippen LogP contribution in [0, 0.1) is 6.92 Å². The van der Waals surface area contributed by atoms with E-state index in [9.17, 15) is 9.59 Å². The first-order valence-electron chi connectivity index (χ1n) is 10.1. The molecule has 1 saturated heterocycles. The van der Waals surface area contributed by atoms with E-state index in [4.69, 9.17) is 14.2 Å². The average molecular weight is 442 g/mol. The zero-order valence-corrected chi connectivity index (χ0v) is 19.2. The summed E-state index contributed by atoms with van der Waals surface area (Å²) in [5.41, 5.74) is 2.87. The Labute approximate surface area is 187 Å². The van der Waals surface area contributed by atoms with Crippen molar-refractivity contribution >= 4 is 29.0 Å². The van der Waals surface area contributed by atoms with Crippen molar-refractivity contribution in [3.8, 4) is 17.2 Å². The van der Waals surface area contributed by atoms with Crippen LogP contribution in [0.3, 0.4) is 0 Å². The van der Waals surface area contributed by atoms with Crippen molar-refractivity contribution in [3.05, 3.63) is 58.0 Å². The monoisotopic (exact) mass is 441 g/mol. The van der Waals surface area contributed by atoms with Crippen LogP contribution in [-0.4, -0.2) is 43.4 Å². The summed E-state index contributed by atoms with van der Waals surface area (Å²) in [4.78, 5) is 26.8. The molecule has 0 aromatic heterocycles. The predicted octanol–water partition coefficient (Wildman–Crippen LogP) is 5.25. The molecule has 3 rings (SSSR count). The van der Waals surface area contributed by atoms with Crippen LogP contribution in [-0.2, 0) is 4.79 Å². The Morgan fingerprint density at radius 2 is 1.84 bits per heavy atom. The Hall–Kier alpha value is -2.93. The molecule has 2 aromatic carbocycles. The van der Waals surface area contributed by atoms with Crippen molar-refractivity contribution in [1.82, 2.24) is 4.90 Å². The number of thioether (sulfide) groups is 1. The second kappa shape index (κ2) is 9.92. The van der Waals surface area contributed by atoms with E-state index in [1.165, 1.54) is 12.0 Å². The standard InChI is InChI=1S/C24H27NO5S/c1-15(2)18-10-9-16(3)13-20(18)30-12-11-25-23(26)21(31-24(25)27)14-17-7-6-8-19(28-4)22(17)29-5/h6-10,13-15H,11-12H2,1-5H3/b21-14-. The molecule has 0 radical (unpaired) electrons. The molecule has 0 bridgehead atoms. The number of rotatable bonds is 8. The number of ether oxygens (including phenoxy) is 3. The maximum absolute atomic E-state index is 12.8. The summed E-state index contributed by atoms with van der Waals surface area (Å²) >= 11 is 0.913. The normalized spacial score (nSPS) is 15.2. The number of hydrogen-bond acceptors (Lipinski definition) is 6. The van der Waals surface area contributed by atoms with Gasteiger partial charge in [-0.25, -0.2) is 0 Å². The molecule has 0 unspecified atom stereocenters. The van der Waals surface area contributed by atoms with Gasteiger partial charge in [-0.2, -0.15) is 0 Å². The lowest BCUT2D eigenvalue weighted by Crippen LogP contribution is -2.32. The fraction of sp³-hybridized carbons (Fsp3) is 0.333. The summed E-state index contributed by atoms with van der Waals surface area (Å²) in [7, 11) is 3.09. The molecule has 0 atom stereocenters. The summed E-state index contributed by atoms with van der Waals surface area (Å²) in [5.74, 6) is 1.84. The second-order valence-electron chi connectivity index (χ2n) is 7.46. The molecule has 7 heteroatoms. The van der Waals surface area contributed by atoms with Crippen molar-refractivity contribution in [2.24, 2.45) is 0 Å². The molecule has 1 heterocycles. The lowest BCUT2D eigenvalue weighted by Gasteiger charge is -2.17. The quantitative estimate of drug-likeness (QED) is 0.521. The van der Waals surface area contributed by atoms with Crippen LogP contribution in [0.2, 0.25) is 0 Å². The largest absolute Gasteiger partial charge is 0.493 e. The zero-order chi connectivity index (χ0) is 22.5. The van der Waals surface area contributed by atoms with Gasteiger partial charge in [-0.05, 0) is 53.9 Å². The Morgan fingerprint density at radius 3 is 2.52 bits per heavy atom. The molecule has 2 aromatic rings. The maximum atomic E-state index is 12.8. The van der Waals surface area contributed by atoms with Gasteiger partial charge in [-0.3, -0.25) is 14.5 Å². The number of para-hydroxylation sites is 1. The smallest absolute Gasteiger partial charge is 0.293 e. The molecule has 1 aliphatic heterocycles. The van der Waals surface area contributed by atoms with Gasteiger partial charge in [0.1, 0.15) is 12.4 Å². The number of methoxy groups -OCH3 is 2. The highest BCUT2D eigenvalue weighted by atomic mass is 32.2. The third-order valence-corrected chi connectivity index (χ3v) is 5.86. The lowest BCUT2D eigenvalue weighted by atomic mass is 10.0. The van der Waals surface area contributed by atoms with Gasteiger partial charge in [0, 0.05) is 5.56 Å². The van der Waals surface area contributed by atoms with Crippen LogP contribution in [0.15, 0.2) is 41.3 Å². The molecule has 1 fully saturated rings. The third-order valence-electron chi connectivity index (χ3n) is 4.96. The molecule has 0 saturated carbocycles. The first kappa shape index (κ1) is 22.7. The summed E-state index contributed by atoms with van der Waals surface area (Å²) < 4.78 is 16.7. The molecule has 0 aliphatic carbocycles. The highest BCUT2D eigenvalue weighted by molar-refractivity contribution is 8.18. The Kier molecular flexibility index (Phi) is 7.28. The summed E-state index contributed by atoms with van der Waals surface area (Å²) in [6.07, 6.45) is 1.66. The number of carbonyl (C=O) groups is 2. The van der Waals surface area contributed by atoms with Gasteiger partial charge >= 0.3 is 0 Å². The fourth-order valence-corrected chi connectivity index (χ4v) is 4.21. The van der Waals surface area contributed by atoms with Crippen LogP contribution >= 0.6 is 11.8 Å². The van der Waals surface area contributed by atoms with Gasteiger partial charge in [-0.15, -0.1) is 0 Å². The zero-order valence-electron chi connectivity index (χ0n) is 18.4. The molecule has 6 nitrogen and oxygen atoms in total. The van der Waals surface area contributed by atoms with Crippen molar-refractivity contribution in [2.45, 2.75) is 26.7 Å². The fourth-order valence-electron chi connectivity index (χ4n) is 3.35. The van der Waals surface area contributed by atoms with E-state index in [0.717, 1.165) is 28.6 Å². The van der Waals surface area contributed by atoms with E-state index < -0.39 is 0 Å². The van der Waals surface area contributed by atoms with E-state index in [1.54, 1.807) is 25.3 Å². The Bertz CT molecular complexity index is 1020. The first-order valence-corrected chi connectivity index (χ1v) is 10.9. The first-order chi connectivity index (χ1) is 14.8. The van der Waals surface area contributed by atoms with Crippen molar-refractivity contribution in [2.75, 3.05) is 27.4 Å². The van der Waals surface area contributed by atoms with Gasteiger partial charge in [0.2, 0.25) is 0 Å². The van der Waals surface area contributed by atoms with Crippen LogP contribution < -0.4 is 14.2 Å². The lowest BCUT2D eigenvalue weighted by molar-refractivity contribution is -0.123. The van der Waals surface area contributed by atoms with Gasteiger partial charge in [-0.1, -0.05) is 38.1 Å². The summed E-state index contributed by atoms with van der Waals surface area (Å²) in [6, 6.07) is 11.5. The van der Waals surface area contributed by atoms with Crippen molar-refractivity contribution in [1.29, 1.82) is 0 Å². The van der Waals surface area contributed by atoms with Crippen LogP contribution in [0.25, 0.3) is 6.08 Å². The molecule has 1 aliphatic rings. The molecule has 0 N–H and O–H groups in total. The van der Waals surface area contributed by atoms with E-state index in [1.807, 2.05) is 19.1 Å². The second-order valence-corrected chi connectivity index (χ2v) is 8.45. The number of benzene rings is 2.